The lowest BCUT2D eigenvalue weighted by Crippen LogP contribution is -2.64. The molecule has 3 heterocycles. The summed E-state index contributed by atoms with van der Waals surface area (Å²) in [5.41, 5.74) is 0. The SMILES string of the molecule is CCCCCCCNC(=O)C(CCCCCNC(=O)COCCOCCOCCO[C@@H]1O[C@H](CO)[C@H](O)[C@H](O)[C@H]1NC(C)=O)CC(=O)C(CCCCNC(=O)COCCOCCOCCO[C@@H]1O[C@H](CO)[C@H](O)[C@H](O)[C@H]1NC(C)=O)NC(=O)COCCOCCOCCO[C@@H]1O[C@H](CO)[C@H](O)[C@H](O)[C@H]1NC(C)=O. The highest BCUT2D eigenvalue weighted by Crippen LogP contribution is 2.26. The fraction of sp³-hybridized carbons (Fsp3) is 0.884. The van der Waals surface area contributed by atoms with Gasteiger partial charge < -0.3 is 154 Å². The number of nitrogens with one attached hydrogen (secondary N) is 7. The van der Waals surface area contributed by atoms with Crippen LogP contribution in [0.3, 0.4) is 0 Å². The van der Waals surface area contributed by atoms with E-state index in [1.54, 1.807) is 0 Å². The van der Waals surface area contributed by atoms with Crippen molar-refractivity contribution in [1.29, 1.82) is 0 Å². The Labute approximate surface area is 631 Å². The molecule has 0 aromatic heterocycles. The molecule has 0 spiro atoms. The van der Waals surface area contributed by atoms with Crippen molar-refractivity contribution >= 4 is 47.1 Å². The minimum Gasteiger partial charge on any atom is -0.394 e. The van der Waals surface area contributed by atoms with Gasteiger partial charge in [0.15, 0.2) is 24.7 Å². The first-order chi connectivity index (χ1) is 52.1. The number of aliphatic hydroxyl groups excluding tert-OH is 9. The van der Waals surface area contributed by atoms with Crippen molar-refractivity contribution < 1.29 is 155 Å². The molecule has 17 atom stereocenters. The lowest BCUT2D eigenvalue weighted by Gasteiger charge is -2.42. The second kappa shape index (κ2) is 59.7. The normalized spacial score (nSPS) is 24.8. The third-order valence-electron chi connectivity index (χ3n) is 17.1. The fourth-order valence-electron chi connectivity index (χ4n) is 11.4. The van der Waals surface area contributed by atoms with E-state index in [4.69, 9.17) is 71.1 Å². The van der Waals surface area contributed by atoms with Crippen molar-refractivity contribution in [3.63, 3.8) is 0 Å². The molecule has 0 bridgehead atoms. The number of carbonyl (C=O) groups is 8. The number of ketones is 1. The molecule has 39 nitrogen and oxygen atoms in total. The Kier molecular flexibility index (Phi) is 53.7. The Morgan fingerprint density at radius 2 is 0.667 bits per heavy atom. The standard InChI is InChI=1S/C69H125N7O32/c1-5-6-7-8-12-19-72-66(93)48(15-10-9-13-17-70-54(84)42-100-29-26-94-20-23-97-32-35-103-67-57(73-45(2)80)63(90)60(87)51(39-77)106-67)38-50(83)49(76-56(86)44-102-31-28-96-22-25-99-34-37-105-69-59(75-47(4)82)65(92)62(89)53(41-79)108-69)16-11-14-18-71-55(85)43-101-30-27-95-21-24-98-33-36-104-68-58(74-46(3)81)64(91)61(88)52(40-78)107-68/h48-49,51-53,57-65,67-69,77-79,87-92H,5-44H2,1-4H3,(H,70,84)(H,71,85)(H,72,93)(H,73,80)(H,74,81)(H,75,82)(H,76,86)/t48?,49?,51-,52-,53-,57-,58-,59-,60+,61+,62+,63-,64-,65-,67-,68-,69-/m1/s1. The summed E-state index contributed by atoms with van der Waals surface area (Å²) in [5, 5.41) is 109. The van der Waals surface area contributed by atoms with Crippen molar-refractivity contribution in [2.45, 2.75) is 209 Å². The number of ether oxygens (including phenoxy) is 15. The summed E-state index contributed by atoms with van der Waals surface area (Å²) >= 11 is 0. The molecule has 0 aliphatic carbocycles. The minimum absolute atomic E-state index is 0.00336. The molecule has 3 fully saturated rings. The zero-order valence-corrected chi connectivity index (χ0v) is 63.0. The summed E-state index contributed by atoms with van der Waals surface area (Å²) in [6.07, 6.45) is -7.76. The van der Waals surface area contributed by atoms with E-state index in [2.05, 4.69) is 44.1 Å². The minimum atomic E-state index is -1.46. The zero-order valence-electron chi connectivity index (χ0n) is 63.0. The molecule has 3 rings (SSSR count). The van der Waals surface area contributed by atoms with Crippen LogP contribution < -0.4 is 37.2 Å². The first-order valence-electron chi connectivity index (χ1n) is 37.4. The highest BCUT2D eigenvalue weighted by Gasteiger charge is 2.48. The van der Waals surface area contributed by atoms with Crippen LogP contribution in [-0.4, -0.2) is 369 Å². The predicted octanol–water partition coefficient (Wildman–Crippen LogP) is -5.87. The van der Waals surface area contributed by atoms with Gasteiger partial charge in [-0.3, -0.25) is 38.4 Å². The van der Waals surface area contributed by atoms with Gasteiger partial charge in [0.1, 0.15) is 92.9 Å². The van der Waals surface area contributed by atoms with E-state index in [1.165, 1.54) is 20.8 Å². The second-order valence-electron chi connectivity index (χ2n) is 26.0. The van der Waals surface area contributed by atoms with Gasteiger partial charge in [-0.25, -0.2) is 0 Å². The first-order valence-corrected chi connectivity index (χ1v) is 37.4. The molecule has 628 valence electrons. The number of rotatable bonds is 64. The Morgan fingerprint density at radius 1 is 0.361 bits per heavy atom. The van der Waals surface area contributed by atoms with Gasteiger partial charge in [-0.1, -0.05) is 45.4 Å². The Hall–Kier alpha value is -5.00. The molecule has 16 N–H and O–H groups in total. The van der Waals surface area contributed by atoms with Gasteiger partial charge in [-0.05, 0) is 38.5 Å². The molecule has 3 aliphatic rings. The third-order valence-corrected chi connectivity index (χ3v) is 17.1. The molecular weight excluding hydrogens is 1440 g/mol. The van der Waals surface area contributed by atoms with Crippen molar-refractivity contribution in [1.82, 2.24) is 37.2 Å². The average Bonchev–Trinajstić information content (AvgIpc) is 0.822. The molecule has 0 saturated carbocycles. The number of unbranched alkanes of at least 4 members (excludes halogenated alkanes) is 7. The molecule has 0 aromatic carbocycles. The maximum Gasteiger partial charge on any atom is 0.246 e. The van der Waals surface area contributed by atoms with Crippen molar-refractivity contribution in [3.05, 3.63) is 0 Å². The van der Waals surface area contributed by atoms with E-state index >= 15 is 0 Å². The quantitative estimate of drug-likeness (QED) is 0.0252. The van der Waals surface area contributed by atoms with Crippen LogP contribution in [0.1, 0.15) is 111 Å². The molecule has 7 amide bonds. The lowest BCUT2D eigenvalue weighted by molar-refractivity contribution is -0.272. The van der Waals surface area contributed by atoms with Crippen LogP contribution in [0, 0.1) is 5.92 Å². The molecular formula is C69H125N7O32. The van der Waals surface area contributed by atoms with E-state index in [0.717, 1.165) is 32.1 Å². The highest BCUT2D eigenvalue weighted by molar-refractivity contribution is 5.92. The maximum absolute atomic E-state index is 14.3. The average molecular weight is 1560 g/mol. The molecule has 0 aromatic rings. The number of carbonyl (C=O) groups excluding carboxylic acids is 8. The van der Waals surface area contributed by atoms with E-state index in [0.29, 0.717) is 51.6 Å². The number of Topliss-reactive ketones (excluding diaryl/α,β-unsaturated/α-hetero) is 1. The summed E-state index contributed by atoms with van der Waals surface area (Å²) in [6, 6.07) is -4.26. The smallest absolute Gasteiger partial charge is 0.246 e. The molecule has 108 heavy (non-hydrogen) atoms. The maximum atomic E-state index is 14.3. The van der Waals surface area contributed by atoms with E-state index < -0.39 is 160 Å². The van der Waals surface area contributed by atoms with Crippen LogP contribution in [-0.2, 0) is 109 Å². The molecule has 39 heteroatoms. The van der Waals surface area contributed by atoms with E-state index in [9.17, 15) is 84.3 Å². The number of hydrogen-bond donors (Lipinski definition) is 16. The van der Waals surface area contributed by atoms with Crippen molar-refractivity contribution in [3.8, 4) is 0 Å². The van der Waals surface area contributed by atoms with Gasteiger partial charge in [0.25, 0.3) is 0 Å². The van der Waals surface area contributed by atoms with Crippen molar-refractivity contribution in [2.75, 3.05) is 178 Å². The molecule has 2 unspecified atom stereocenters. The van der Waals surface area contributed by atoms with Crippen LogP contribution in [0.5, 0.6) is 0 Å². The second-order valence-corrected chi connectivity index (χ2v) is 26.0. The lowest BCUT2D eigenvalue weighted by atomic mass is 9.90. The number of amides is 7. The van der Waals surface area contributed by atoms with Gasteiger partial charge in [-0.15, -0.1) is 0 Å². The molecule has 3 saturated heterocycles. The van der Waals surface area contributed by atoms with Crippen molar-refractivity contribution in [2.24, 2.45) is 5.92 Å². The van der Waals surface area contributed by atoms with Crippen LogP contribution in [0.25, 0.3) is 0 Å². The topological polar surface area (TPSA) is 541 Å². The van der Waals surface area contributed by atoms with E-state index in [-0.39, 0.29) is 169 Å². The van der Waals surface area contributed by atoms with Crippen LogP contribution in [0.4, 0.5) is 0 Å². The Morgan fingerprint density at radius 3 is 1.02 bits per heavy atom. The predicted molar refractivity (Wildman–Crippen MR) is 376 cm³/mol. The van der Waals surface area contributed by atoms with Gasteiger partial charge in [0.05, 0.1) is 145 Å². The van der Waals surface area contributed by atoms with Crippen LogP contribution in [0.15, 0.2) is 0 Å². The summed E-state index contributed by atoms with van der Waals surface area (Å²) in [6.45, 7) is 6.05. The molecule has 3 aliphatic heterocycles. The van der Waals surface area contributed by atoms with Crippen LogP contribution in [0.2, 0.25) is 0 Å². The Bertz CT molecular complexity index is 2460. The zero-order chi connectivity index (χ0) is 79.3. The highest BCUT2D eigenvalue weighted by atomic mass is 16.7. The first kappa shape index (κ1) is 97.2. The van der Waals surface area contributed by atoms with Gasteiger partial charge in [0, 0.05) is 52.7 Å². The van der Waals surface area contributed by atoms with E-state index in [1.807, 2.05) is 0 Å². The summed E-state index contributed by atoms with van der Waals surface area (Å²) in [5.74, 6) is -4.14. The summed E-state index contributed by atoms with van der Waals surface area (Å²) in [4.78, 5) is 102. The fourth-order valence-corrected chi connectivity index (χ4v) is 11.4. The van der Waals surface area contributed by atoms with Gasteiger partial charge in [-0.2, -0.15) is 0 Å². The monoisotopic (exact) mass is 1560 g/mol. The number of aliphatic hydroxyl groups is 9. The van der Waals surface area contributed by atoms with Crippen LogP contribution >= 0.6 is 0 Å². The number of hydrogen-bond acceptors (Lipinski definition) is 32. The largest absolute Gasteiger partial charge is 0.394 e. The van der Waals surface area contributed by atoms with Gasteiger partial charge >= 0.3 is 0 Å². The molecule has 0 radical (unpaired) electrons. The summed E-state index contributed by atoms with van der Waals surface area (Å²) < 4.78 is 83.0. The van der Waals surface area contributed by atoms with Gasteiger partial charge in [0.2, 0.25) is 41.4 Å². The third kappa shape index (κ3) is 41.5. The Balaban J connectivity index is 1.44. The summed E-state index contributed by atoms with van der Waals surface area (Å²) in [7, 11) is 0.